The molecule has 5 nitrogen and oxygen atoms in total. The minimum absolute atomic E-state index is 0.0622. The van der Waals surface area contributed by atoms with Gasteiger partial charge in [-0.3, -0.25) is 9.59 Å². The summed E-state index contributed by atoms with van der Waals surface area (Å²) in [7, 11) is 0. The smallest absolute Gasteiger partial charge is 0.307 e. The third-order valence-electron chi connectivity index (χ3n) is 3.77. The zero-order valence-electron chi connectivity index (χ0n) is 12.0. The molecule has 0 bridgehead atoms. The van der Waals surface area contributed by atoms with Gasteiger partial charge in [0.1, 0.15) is 0 Å². The molecule has 0 aliphatic carbocycles. The van der Waals surface area contributed by atoms with Crippen LogP contribution in [-0.2, 0) is 16.0 Å². The van der Waals surface area contributed by atoms with E-state index in [0.29, 0.717) is 30.6 Å². The Kier molecular flexibility index (Phi) is 5.70. The summed E-state index contributed by atoms with van der Waals surface area (Å²) in [6.45, 7) is 4.17. The molecule has 4 N–H and O–H groups in total. The van der Waals surface area contributed by atoms with Crippen molar-refractivity contribution in [2.45, 2.75) is 33.1 Å². The van der Waals surface area contributed by atoms with Gasteiger partial charge in [0.25, 0.3) is 0 Å². The minimum Gasteiger partial charge on any atom is -0.481 e. The fourth-order valence-corrected chi connectivity index (χ4v) is 2.15. The number of rotatable bonds is 7. The number of benzene rings is 1. The Morgan fingerprint density at radius 2 is 1.95 bits per heavy atom. The number of hydrogen-bond donors (Lipinski definition) is 3. The van der Waals surface area contributed by atoms with Crippen LogP contribution in [0.4, 0.5) is 5.69 Å². The molecular weight excluding hydrogens is 256 g/mol. The molecule has 1 aromatic carbocycles. The van der Waals surface area contributed by atoms with E-state index in [1.807, 2.05) is 13.8 Å². The van der Waals surface area contributed by atoms with Gasteiger partial charge >= 0.3 is 5.97 Å². The summed E-state index contributed by atoms with van der Waals surface area (Å²) in [6, 6.07) is 6.88. The minimum atomic E-state index is -0.896. The third-order valence-corrected chi connectivity index (χ3v) is 3.77. The van der Waals surface area contributed by atoms with Crippen LogP contribution in [-0.4, -0.2) is 23.5 Å². The van der Waals surface area contributed by atoms with Crippen LogP contribution < -0.4 is 11.1 Å². The normalized spacial score (nSPS) is 11.2. The number of nitrogens with two attached hydrogens (primary N) is 1. The average Bonchev–Trinajstić information content (AvgIpc) is 2.41. The summed E-state index contributed by atoms with van der Waals surface area (Å²) in [4.78, 5) is 23.1. The number of carbonyl (C=O) groups is 2. The topological polar surface area (TPSA) is 92.4 Å². The summed E-state index contributed by atoms with van der Waals surface area (Å²) in [5.41, 5.74) is 6.43. The van der Waals surface area contributed by atoms with Gasteiger partial charge in [0.15, 0.2) is 0 Å². The number of nitrogens with one attached hydrogen (secondary N) is 1. The number of amides is 1. The molecule has 20 heavy (non-hydrogen) atoms. The molecule has 0 spiro atoms. The highest BCUT2D eigenvalue weighted by Gasteiger charge is 2.33. The Balaban J connectivity index is 2.87. The second-order valence-electron chi connectivity index (χ2n) is 4.92. The van der Waals surface area contributed by atoms with Crippen molar-refractivity contribution >= 4 is 17.6 Å². The molecule has 1 aromatic rings. The number of anilines is 1. The summed E-state index contributed by atoms with van der Waals surface area (Å²) in [5.74, 6) is -1.01. The predicted octanol–water partition coefficient (Wildman–Crippen LogP) is 2.02. The summed E-state index contributed by atoms with van der Waals surface area (Å²) < 4.78 is 0. The van der Waals surface area contributed by atoms with E-state index in [1.54, 1.807) is 24.3 Å². The Morgan fingerprint density at radius 3 is 2.45 bits per heavy atom. The lowest BCUT2D eigenvalue weighted by molar-refractivity contribution is -0.136. The van der Waals surface area contributed by atoms with E-state index in [4.69, 9.17) is 10.8 Å². The Bertz CT molecular complexity index is 473. The highest BCUT2D eigenvalue weighted by molar-refractivity contribution is 5.95. The fraction of sp³-hybridized carbons (Fsp3) is 0.467. The van der Waals surface area contributed by atoms with E-state index in [9.17, 15) is 9.59 Å². The molecule has 0 radical (unpaired) electrons. The highest BCUT2D eigenvalue weighted by atomic mass is 16.4. The number of carbonyl (C=O) groups excluding carboxylic acids is 1. The Labute approximate surface area is 119 Å². The summed E-state index contributed by atoms with van der Waals surface area (Å²) >= 11 is 0. The standard InChI is InChI=1S/C15H22N2O3/c1-3-15(4-2,10-16)14(20)17-12-7-5-6-11(8-12)9-13(18)19/h5-8H,3-4,9-10,16H2,1-2H3,(H,17,20)(H,18,19). The molecule has 0 atom stereocenters. The lowest BCUT2D eigenvalue weighted by Crippen LogP contribution is -2.41. The first-order valence-corrected chi connectivity index (χ1v) is 6.79. The van der Waals surface area contributed by atoms with Gasteiger partial charge in [-0.1, -0.05) is 26.0 Å². The summed E-state index contributed by atoms with van der Waals surface area (Å²) in [5, 5.41) is 11.6. The van der Waals surface area contributed by atoms with Crippen molar-refractivity contribution in [2.24, 2.45) is 11.1 Å². The van der Waals surface area contributed by atoms with Crippen molar-refractivity contribution in [1.82, 2.24) is 0 Å². The third kappa shape index (κ3) is 3.81. The van der Waals surface area contributed by atoms with Gasteiger partial charge in [-0.25, -0.2) is 0 Å². The van der Waals surface area contributed by atoms with Crippen LogP contribution in [0.25, 0.3) is 0 Å². The first-order valence-electron chi connectivity index (χ1n) is 6.79. The second kappa shape index (κ2) is 7.05. The zero-order valence-corrected chi connectivity index (χ0v) is 12.0. The van der Waals surface area contributed by atoms with Gasteiger partial charge in [0.2, 0.25) is 5.91 Å². The quantitative estimate of drug-likeness (QED) is 0.711. The maximum absolute atomic E-state index is 12.4. The maximum atomic E-state index is 12.4. The van der Waals surface area contributed by atoms with Gasteiger partial charge in [-0.05, 0) is 30.5 Å². The fourth-order valence-electron chi connectivity index (χ4n) is 2.15. The Morgan fingerprint density at radius 1 is 1.30 bits per heavy atom. The maximum Gasteiger partial charge on any atom is 0.307 e. The van der Waals surface area contributed by atoms with E-state index in [0.717, 1.165) is 0 Å². The molecule has 0 fully saturated rings. The van der Waals surface area contributed by atoms with Crippen LogP contribution in [0.3, 0.4) is 0 Å². The molecule has 0 saturated heterocycles. The molecule has 0 aliphatic rings. The van der Waals surface area contributed by atoms with Gasteiger partial charge in [-0.2, -0.15) is 0 Å². The van der Waals surface area contributed by atoms with Crippen molar-refractivity contribution in [2.75, 3.05) is 11.9 Å². The molecule has 0 aliphatic heterocycles. The van der Waals surface area contributed by atoms with E-state index in [1.165, 1.54) is 0 Å². The van der Waals surface area contributed by atoms with Crippen LogP contribution in [0.2, 0.25) is 0 Å². The zero-order chi connectivity index (χ0) is 15.2. The predicted molar refractivity (Wildman–Crippen MR) is 78.5 cm³/mol. The molecular formula is C15H22N2O3. The number of carboxylic acid groups (broad SMARTS) is 1. The van der Waals surface area contributed by atoms with Crippen molar-refractivity contribution < 1.29 is 14.7 Å². The lowest BCUT2D eigenvalue weighted by Gasteiger charge is -2.28. The second-order valence-corrected chi connectivity index (χ2v) is 4.92. The molecule has 0 saturated carbocycles. The highest BCUT2D eigenvalue weighted by Crippen LogP contribution is 2.27. The van der Waals surface area contributed by atoms with Crippen molar-refractivity contribution in [3.63, 3.8) is 0 Å². The van der Waals surface area contributed by atoms with Gasteiger partial charge in [0, 0.05) is 12.2 Å². The van der Waals surface area contributed by atoms with Gasteiger partial charge < -0.3 is 16.2 Å². The molecule has 0 heterocycles. The molecule has 1 amide bonds. The lowest BCUT2D eigenvalue weighted by atomic mass is 9.81. The van der Waals surface area contributed by atoms with Crippen LogP contribution >= 0.6 is 0 Å². The largest absolute Gasteiger partial charge is 0.481 e. The number of carboxylic acids is 1. The first-order chi connectivity index (χ1) is 9.47. The Hall–Kier alpha value is -1.88. The molecule has 5 heteroatoms. The molecule has 1 rings (SSSR count). The van der Waals surface area contributed by atoms with Crippen molar-refractivity contribution in [1.29, 1.82) is 0 Å². The van der Waals surface area contributed by atoms with Gasteiger partial charge in [-0.15, -0.1) is 0 Å². The van der Waals surface area contributed by atoms with E-state index >= 15 is 0 Å². The molecule has 110 valence electrons. The summed E-state index contributed by atoms with van der Waals surface area (Å²) in [6.07, 6.45) is 1.27. The molecule has 0 aromatic heterocycles. The number of aliphatic carboxylic acids is 1. The van der Waals surface area contributed by atoms with E-state index in [-0.39, 0.29) is 12.3 Å². The van der Waals surface area contributed by atoms with Gasteiger partial charge in [0.05, 0.1) is 11.8 Å². The van der Waals surface area contributed by atoms with Crippen molar-refractivity contribution in [3.05, 3.63) is 29.8 Å². The van der Waals surface area contributed by atoms with E-state index in [2.05, 4.69) is 5.32 Å². The van der Waals surface area contributed by atoms with Crippen molar-refractivity contribution in [3.8, 4) is 0 Å². The van der Waals surface area contributed by atoms with Crippen LogP contribution in [0, 0.1) is 5.41 Å². The first kappa shape index (κ1) is 16.2. The monoisotopic (exact) mass is 278 g/mol. The number of hydrogen-bond acceptors (Lipinski definition) is 3. The SMILES string of the molecule is CCC(CC)(CN)C(=O)Nc1cccc(CC(=O)O)c1. The average molecular weight is 278 g/mol. The van der Waals surface area contributed by atoms with Crippen LogP contribution in [0.1, 0.15) is 32.3 Å². The molecule has 0 unspecified atom stereocenters. The van der Waals surface area contributed by atoms with Crippen LogP contribution in [0.15, 0.2) is 24.3 Å². The van der Waals surface area contributed by atoms with E-state index < -0.39 is 11.4 Å². The van der Waals surface area contributed by atoms with Crippen LogP contribution in [0.5, 0.6) is 0 Å².